The normalized spacial score (nSPS) is 11.4. The van der Waals surface area contributed by atoms with Crippen molar-refractivity contribution in [2.75, 3.05) is 0 Å². The van der Waals surface area contributed by atoms with E-state index in [9.17, 15) is 8.42 Å². The van der Waals surface area contributed by atoms with E-state index in [0.717, 1.165) is 11.1 Å². The van der Waals surface area contributed by atoms with Crippen molar-refractivity contribution < 1.29 is 12.7 Å². The first kappa shape index (κ1) is 11.8. The van der Waals surface area contributed by atoms with E-state index in [1.807, 2.05) is 30.3 Å². The molecule has 0 saturated carbocycles. The summed E-state index contributed by atoms with van der Waals surface area (Å²) in [4.78, 5) is 0.0414. The molecule has 0 spiro atoms. The Bertz CT molecular complexity index is 591. The van der Waals surface area contributed by atoms with Crippen LogP contribution in [-0.4, -0.2) is 8.42 Å². The molecule has 0 amide bonds. The fourth-order valence-corrected chi connectivity index (χ4v) is 2.08. The third-order valence-electron chi connectivity index (χ3n) is 2.38. The molecule has 0 aliphatic heterocycles. The minimum Gasteiger partial charge on any atom is -0.197 e. The lowest BCUT2D eigenvalue weighted by molar-refractivity contribution is 0.333. The zero-order valence-corrected chi connectivity index (χ0v) is 9.72. The van der Waals surface area contributed by atoms with Crippen molar-refractivity contribution in [2.24, 2.45) is 5.90 Å². The number of rotatable bonds is 3. The maximum Gasteiger partial charge on any atom is 0.312 e. The maximum absolute atomic E-state index is 11.3. The van der Waals surface area contributed by atoms with Gasteiger partial charge in [0.1, 0.15) is 0 Å². The Morgan fingerprint density at radius 3 is 1.88 bits per heavy atom. The molecule has 0 radical (unpaired) electrons. The molecule has 0 atom stereocenters. The average molecular weight is 249 g/mol. The average Bonchev–Trinajstić information content (AvgIpc) is 2.40. The van der Waals surface area contributed by atoms with E-state index in [0.29, 0.717) is 0 Å². The van der Waals surface area contributed by atoms with Crippen molar-refractivity contribution in [1.29, 1.82) is 0 Å². The molecular weight excluding hydrogens is 238 g/mol. The maximum atomic E-state index is 11.3. The summed E-state index contributed by atoms with van der Waals surface area (Å²) in [7, 11) is -3.82. The van der Waals surface area contributed by atoms with E-state index < -0.39 is 10.1 Å². The summed E-state index contributed by atoms with van der Waals surface area (Å²) in [5.74, 6) is 4.70. The molecule has 2 rings (SSSR count). The molecule has 0 heterocycles. The smallest absolute Gasteiger partial charge is 0.197 e. The predicted molar refractivity (Wildman–Crippen MR) is 64.3 cm³/mol. The lowest BCUT2D eigenvalue weighted by atomic mass is 10.1. The first-order chi connectivity index (χ1) is 8.13. The van der Waals surface area contributed by atoms with Gasteiger partial charge in [-0.15, -0.1) is 0 Å². The van der Waals surface area contributed by atoms with E-state index in [1.54, 1.807) is 12.1 Å². The van der Waals surface area contributed by atoms with Gasteiger partial charge in [0.15, 0.2) is 0 Å². The molecule has 0 fully saturated rings. The van der Waals surface area contributed by atoms with E-state index in [-0.39, 0.29) is 4.90 Å². The first-order valence-corrected chi connectivity index (χ1v) is 6.33. The van der Waals surface area contributed by atoms with Gasteiger partial charge in [0.2, 0.25) is 0 Å². The molecule has 5 heteroatoms. The quantitative estimate of drug-likeness (QED) is 0.844. The molecule has 0 aliphatic carbocycles. The van der Waals surface area contributed by atoms with Crippen LogP contribution in [-0.2, 0) is 14.4 Å². The van der Waals surface area contributed by atoms with Crippen molar-refractivity contribution in [1.82, 2.24) is 0 Å². The minimum absolute atomic E-state index is 0.0414. The van der Waals surface area contributed by atoms with E-state index in [1.165, 1.54) is 12.1 Å². The van der Waals surface area contributed by atoms with Crippen molar-refractivity contribution in [2.45, 2.75) is 4.90 Å². The zero-order chi connectivity index (χ0) is 12.3. The Balaban J connectivity index is 2.38. The zero-order valence-electron chi connectivity index (χ0n) is 8.91. The third kappa shape index (κ3) is 2.52. The fraction of sp³-hybridized carbons (Fsp3) is 0. The van der Waals surface area contributed by atoms with Crippen LogP contribution >= 0.6 is 0 Å². The predicted octanol–water partition coefficient (Wildman–Crippen LogP) is 1.93. The van der Waals surface area contributed by atoms with Crippen LogP contribution in [0.1, 0.15) is 0 Å². The molecule has 0 aromatic heterocycles. The van der Waals surface area contributed by atoms with E-state index in [4.69, 9.17) is 5.90 Å². The minimum atomic E-state index is -3.82. The summed E-state index contributed by atoms with van der Waals surface area (Å²) < 4.78 is 26.5. The largest absolute Gasteiger partial charge is 0.312 e. The second-order valence-corrected chi connectivity index (χ2v) is 5.01. The summed E-state index contributed by atoms with van der Waals surface area (Å²) in [6, 6.07) is 16.0. The monoisotopic (exact) mass is 249 g/mol. The van der Waals surface area contributed by atoms with Crippen LogP contribution < -0.4 is 5.90 Å². The summed E-state index contributed by atoms with van der Waals surface area (Å²) in [6.07, 6.45) is 0. The van der Waals surface area contributed by atoms with Gasteiger partial charge in [-0.1, -0.05) is 42.5 Å². The lowest BCUT2D eigenvalue weighted by Gasteiger charge is -2.03. The van der Waals surface area contributed by atoms with Crippen LogP contribution in [0.3, 0.4) is 0 Å². The molecule has 2 N–H and O–H groups in total. The second kappa shape index (κ2) is 4.67. The Morgan fingerprint density at radius 2 is 1.35 bits per heavy atom. The molecule has 2 aromatic carbocycles. The summed E-state index contributed by atoms with van der Waals surface area (Å²) >= 11 is 0. The molecule has 0 unspecified atom stereocenters. The number of benzene rings is 2. The van der Waals surface area contributed by atoms with Crippen LogP contribution in [0.5, 0.6) is 0 Å². The van der Waals surface area contributed by atoms with Gasteiger partial charge in [-0.2, -0.15) is 18.6 Å². The topological polar surface area (TPSA) is 69.4 Å². The van der Waals surface area contributed by atoms with Gasteiger partial charge >= 0.3 is 10.1 Å². The number of hydrogen-bond acceptors (Lipinski definition) is 4. The van der Waals surface area contributed by atoms with Crippen molar-refractivity contribution >= 4 is 10.1 Å². The molecule has 2 aromatic rings. The standard InChI is InChI=1S/C12H11NO3S/c13-16-17(14,15)12-8-6-11(7-9-12)10-4-2-1-3-5-10/h1-9H,13H2. The molecule has 88 valence electrons. The number of nitrogens with two attached hydrogens (primary N) is 1. The Labute approximate surface area is 99.7 Å². The SMILES string of the molecule is NOS(=O)(=O)c1ccc(-c2ccccc2)cc1. The highest BCUT2D eigenvalue weighted by atomic mass is 32.2. The van der Waals surface area contributed by atoms with E-state index >= 15 is 0 Å². The summed E-state index contributed by atoms with van der Waals surface area (Å²) in [6.45, 7) is 0. The van der Waals surface area contributed by atoms with Gasteiger partial charge in [-0.3, -0.25) is 0 Å². The Hall–Kier alpha value is -1.69. The number of hydrogen-bond donors (Lipinski definition) is 1. The Kier molecular flexibility index (Phi) is 3.23. The van der Waals surface area contributed by atoms with Gasteiger partial charge in [0.05, 0.1) is 4.90 Å². The third-order valence-corrected chi connectivity index (χ3v) is 3.48. The molecule has 0 aliphatic rings. The highest BCUT2D eigenvalue weighted by Gasteiger charge is 2.13. The second-order valence-electron chi connectivity index (χ2n) is 3.44. The molecule has 0 saturated heterocycles. The first-order valence-electron chi connectivity index (χ1n) is 4.92. The van der Waals surface area contributed by atoms with Gasteiger partial charge in [-0.05, 0) is 23.3 Å². The highest BCUT2D eigenvalue weighted by molar-refractivity contribution is 7.86. The van der Waals surface area contributed by atoms with E-state index in [2.05, 4.69) is 4.28 Å². The molecule has 0 bridgehead atoms. The van der Waals surface area contributed by atoms with Crippen LogP contribution in [0.4, 0.5) is 0 Å². The van der Waals surface area contributed by atoms with Crippen molar-refractivity contribution in [3.05, 3.63) is 54.6 Å². The van der Waals surface area contributed by atoms with Crippen LogP contribution in [0.15, 0.2) is 59.5 Å². The van der Waals surface area contributed by atoms with Gasteiger partial charge in [0, 0.05) is 0 Å². The van der Waals surface area contributed by atoms with Gasteiger partial charge < -0.3 is 0 Å². The summed E-state index contributed by atoms with van der Waals surface area (Å²) in [5.41, 5.74) is 1.95. The van der Waals surface area contributed by atoms with Crippen molar-refractivity contribution in [3.8, 4) is 11.1 Å². The van der Waals surface area contributed by atoms with Gasteiger partial charge in [-0.25, -0.2) is 0 Å². The van der Waals surface area contributed by atoms with Crippen molar-refractivity contribution in [3.63, 3.8) is 0 Å². The van der Waals surface area contributed by atoms with Crippen LogP contribution in [0, 0.1) is 0 Å². The lowest BCUT2D eigenvalue weighted by Crippen LogP contribution is -2.10. The van der Waals surface area contributed by atoms with Crippen LogP contribution in [0.25, 0.3) is 11.1 Å². The molecule has 4 nitrogen and oxygen atoms in total. The summed E-state index contributed by atoms with van der Waals surface area (Å²) in [5, 5.41) is 0. The molecule has 17 heavy (non-hydrogen) atoms. The fourth-order valence-electron chi connectivity index (χ4n) is 1.50. The Morgan fingerprint density at radius 1 is 0.824 bits per heavy atom. The van der Waals surface area contributed by atoms with Crippen LogP contribution in [0.2, 0.25) is 0 Å². The highest BCUT2D eigenvalue weighted by Crippen LogP contribution is 2.21. The molecular formula is C12H11NO3S. The van der Waals surface area contributed by atoms with Gasteiger partial charge in [0.25, 0.3) is 0 Å².